The summed E-state index contributed by atoms with van der Waals surface area (Å²) >= 11 is 0. The van der Waals surface area contributed by atoms with E-state index in [9.17, 15) is 24.6 Å². The third-order valence-electron chi connectivity index (χ3n) is 8.76. The van der Waals surface area contributed by atoms with Crippen LogP contribution in [0.4, 0.5) is 4.39 Å². The van der Waals surface area contributed by atoms with Crippen molar-refractivity contribution in [1.82, 2.24) is 0 Å². The molecule has 2 fully saturated rings. The van der Waals surface area contributed by atoms with Crippen molar-refractivity contribution >= 4 is 17.5 Å². The molecule has 7 heteroatoms. The monoisotopic (exact) mass is 464 g/mol. The Morgan fingerprint density at radius 1 is 1.18 bits per heavy atom. The molecular weight excluding hydrogens is 427 g/mol. The number of hydrogen-bond donors (Lipinski definition) is 2. The second kappa shape index (κ2) is 7.84. The van der Waals surface area contributed by atoms with Gasteiger partial charge in [0.05, 0.1) is 11.5 Å². The average Bonchev–Trinajstić information content (AvgIpc) is 2.93. The number of Topliss-reactive ketones (excluding diaryl/α,β-unsaturated/α-hetero) is 1. The van der Waals surface area contributed by atoms with Crippen LogP contribution in [0.2, 0.25) is 0 Å². The fourth-order valence-electron chi connectivity index (χ4n) is 6.64. The molecule has 2 saturated carbocycles. The van der Waals surface area contributed by atoms with Gasteiger partial charge < -0.3 is 14.9 Å². The molecule has 0 radical (unpaired) electrons. The number of aliphatic hydroxyl groups is 2. The molecule has 0 amide bonds. The molecule has 3 aliphatic carbocycles. The van der Waals surface area contributed by atoms with Crippen LogP contribution in [0.15, 0.2) is 24.3 Å². The minimum atomic E-state index is -2.10. The molecule has 7 atom stereocenters. The van der Waals surface area contributed by atoms with Gasteiger partial charge in [-0.05, 0) is 70.4 Å². The average molecular weight is 465 g/mol. The van der Waals surface area contributed by atoms with Crippen LogP contribution < -0.4 is 0 Å². The van der Waals surface area contributed by atoms with E-state index in [-0.39, 0.29) is 12.2 Å². The van der Waals surface area contributed by atoms with Crippen LogP contribution in [0.5, 0.6) is 0 Å². The number of ketones is 2. The number of allylic oxidation sites excluding steroid dienone is 4. The highest BCUT2D eigenvalue weighted by Crippen LogP contribution is 2.67. The second-order valence-electron chi connectivity index (χ2n) is 11.8. The van der Waals surface area contributed by atoms with E-state index in [1.807, 2.05) is 0 Å². The summed E-state index contributed by atoms with van der Waals surface area (Å²) in [5, 5.41) is 23.0. The number of fused-ring (bicyclic) bond motifs is 1. The van der Waals surface area contributed by atoms with Gasteiger partial charge in [0, 0.05) is 10.8 Å². The summed E-state index contributed by atoms with van der Waals surface area (Å²) in [5.41, 5.74) is -7.09. The Bertz CT molecular complexity index is 900. The zero-order valence-corrected chi connectivity index (χ0v) is 20.6. The maximum atomic E-state index is 16.8. The Kier molecular flexibility index (Phi) is 6.12. The Morgan fingerprint density at radius 3 is 2.24 bits per heavy atom. The lowest BCUT2D eigenvalue weighted by Crippen LogP contribution is -2.67. The smallest absolute Gasteiger partial charge is 0.311 e. The molecule has 0 aliphatic heterocycles. The molecule has 0 spiro atoms. The molecule has 33 heavy (non-hydrogen) atoms. The van der Waals surface area contributed by atoms with Crippen molar-refractivity contribution in [2.45, 2.75) is 78.7 Å². The quantitative estimate of drug-likeness (QED) is 0.619. The number of aliphatic hydroxyl groups excluding tert-OH is 1. The maximum Gasteiger partial charge on any atom is 0.311 e. The van der Waals surface area contributed by atoms with Crippen molar-refractivity contribution in [2.24, 2.45) is 34.0 Å². The largest absolute Gasteiger partial charge is 0.457 e. The molecule has 3 rings (SSSR count). The number of alkyl halides is 1. The zero-order chi connectivity index (χ0) is 25.2. The second-order valence-corrected chi connectivity index (χ2v) is 11.8. The van der Waals surface area contributed by atoms with Crippen molar-refractivity contribution in [3.05, 3.63) is 24.3 Å². The summed E-state index contributed by atoms with van der Waals surface area (Å²) in [6.45, 7) is 11.3. The minimum Gasteiger partial charge on any atom is -0.457 e. The van der Waals surface area contributed by atoms with Gasteiger partial charge in [0.15, 0.2) is 18.1 Å². The number of halogens is 1. The van der Waals surface area contributed by atoms with Crippen molar-refractivity contribution in [2.75, 3.05) is 6.61 Å². The maximum absolute atomic E-state index is 16.8. The van der Waals surface area contributed by atoms with E-state index < -0.39 is 69.7 Å². The number of carbonyl (C=O) groups excluding carboxylic acids is 3. The molecular formula is C26H37FO6. The van der Waals surface area contributed by atoms with Gasteiger partial charge >= 0.3 is 5.97 Å². The Labute approximate surface area is 195 Å². The molecule has 0 saturated heterocycles. The normalized spacial score (nSPS) is 42.2. The van der Waals surface area contributed by atoms with Gasteiger partial charge in [-0.15, -0.1) is 0 Å². The van der Waals surface area contributed by atoms with Crippen LogP contribution >= 0.6 is 0 Å². The first kappa shape index (κ1) is 25.8. The van der Waals surface area contributed by atoms with E-state index >= 15 is 4.39 Å². The van der Waals surface area contributed by atoms with Crippen molar-refractivity contribution < 1.29 is 33.7 Å². The van der Waals surface area contributed by atoms with Crippen LogP contribution in [0, 0.1) is 34.0 Å². The van der Waals surface area contributed by atoms with E-state index in [0.717, 1.165) is 0 Å². The van der Waals surface area contributed by atoms with Crippen LogP contribution in [0.1, 0.15) is 61.3 Å². The van der Waals surface area contributed by atoms with Gasteiger partial charge in [-0.25, -0.2) is 4.39 Å². The third-order valence-corrected chi connectivity index (χ3v) is 8.76. The molecule has 0 aromatic heterocycles. The summed E-state index contributed by atoms with van der Waals surface area (Å²) in [4.78, 5) is 37.1. The summed E-state index contributed by atoms with van der Waals surface area (Å²) in [7, 11) is 0. The highest BCUT2D eigenvalue weighted by atomic mass is 19.1. The number of esters is 1. The lowest BCUT2D eigenvalue weighted by atomic mass is 9.49. The van der Waals surface area contributed by atoms with E-state index in [1.54, 1.807) is 48.5 Å². The molecule has 0 bridgehead atoms. The van der Waals surface area contributed by atoms with Gasteiger partial charge in [0.1, 0.15) is 5.60 Å². The first-order valence-electron chi connectivity index (χ1n) is 11.7. The molecule has 0 heterocycles. The number of rotatable bonds is 4. The van der Waals surface area contributed by atoms with Crippen molar-refractivity contribution in [3.8, 4) is 0 Å². The number of carbonyl (C=O) groups is 3. The molecule has 2 N–H and O–H groups in total. The standard InChI is InChI=1S/C26H37FO6/c1-15-12-18-16(2)25(27,23(6)10-8-17(28)9-11-23)19(29)13-24(18,7)26(15,32)20(30)14-33-21(31)22(3,4)5/h8-11,15-16,18-19,29,32H,12-14H2,1-7H3/t15-,16?,18?,19+,24+,25+,26+/m1/s1. The minimum absolute atomic E-state index is 0.135. The highest BCUT2D eigenvalue weighted by molar-refractivity contribution is 6.00. The molecule has 2 unspecified atom stereocenters. The summed E-state index contributed by atoms with van der Waals surface area (Å²) in [5.74, 6) is -3.07. The molecule has 0 aromatic carbocycles. The predicted molar refractivity (Wildman–Crippen MR) is 121 cm³/mol. The van der Waals surface area contributed by atoms with E-state index in [2.05, 4.69) is 0 Å². The van der Waals surface area contributed by atoms with E-state index in [4.69, 9.17) is 4.74 Å². The Hall–Kier alpha value is -1.86. The van der Waals surface area contributed by atoms with Crippen molar-refractivity contribution in [1.29, 1.82) is 0 Å². The highest BCUT2D eigenvalue weighted by Gasteiger charge is 2.73. The van der Waals surface area contributed by atoms with Crippen LogP contribution in [0.3, 0.4) is 0 Å². The number of hydrogen-bond acceptors (Lipinski definition) is 6. The summed E-state index contributed by atoms with van der Waals surface area (Å²) in [6, 6.07) is 0. The Balaban J connectivity index is 1.94. The molecule has 3 aliphatic rings. The van der Waals surface area contributed by atoms with Gasteiger partial charge in [-0.1, -0.05) is 32.9 Å². The molecule has 184 valence electrons. The molecule has 0 aromatic rings. The summed E-state index contributed by atoms with van der Waals surface area (Å²) < 4.78 is 22.0. The van der Waals surface area contributed by atoms with E-state index in [0.29, 0.717) is 6.42 Å². The topological polar surface area (TPSA) is 101 Å². The van der Waals surface area contributed by atoms with Gasteiger partial charge in [-0.3, -0.25) is 14.4 Å². The fraction of sp³-hybridized carbons (Fsp3) is 0.731. The van der Waals surface area contributed by atoms with Crippen LogP contribution in [0.25, 0.3) is 0 Å². The lowest BCUT2D eigenvalue weighted by Gasteiger charge is -2.58. The first-order chi connectivity index (χ1) is 14.9. The Morgan fingerprint density at radius 2 is 1.73 bits per heavy atom. The van der Waals surface area contributed by atoms with Crippen LogP contribution in [-0.4, -0.2) is 51.7 Å². The third kappa shape index (κ3) is 3.54. The van der Waals surface area contributed by atoms with E-state index in [1.165, 1.54) is 24.3 Å². The van der Waals surface area contributed by atoms with Crippen LogP contribution in [-0.2, 0) is 19.1 Å². The van der Waals surface area contributed by atoms with Gasteiger partial charge in [-0.2, -0.15) is 0 Å². The van der Waals surface area contributed by atoms with Gasteiger partial charge in [0.25, 0.3) is 0 Å². The lowest BCUT2D eigenvalue weighted by molar-refractivity contribution is -0.209. The zero-order valence-electron chi connectivity index (χ0n) is 20.6. The predicted octanol–water partition coefficient (Wildman–Crippen LogP) is 3.35. The van der Waals surface area contributed by atoms with Crippen molar-refractivity contribution in [3.63, 3.8) is 0 Å². The molecule has 6 nitrogen and oxygen atoms in total. The van der Waals surface area contributed by atoms with Gasteiger partial charge in [0.2, 0.25) is 5.78 Å². The number of ether oxygens (including phenoxy) is 1. The first-order valence-corrected chi connectivity index (χ1v) is 11.7. The fourth-order valence-corrected chi connectivity index (χ4v) is 6.64. The summed E-state index contributed by atoms with van der Waals surface area (Å²) in [6.07, 6.45) is 4.39. The SMILES string of the molecule is CC1C2C[C@@H](C)[C@](O)(C(=O)COC(=O)C(C)(C)C)[C@@]2(C)C[C@H](O)[C@]1(F)C1(C)C=CC(=O)C=C1.